The fourth-order valence-electron chi connectivity index (χ4n) is 6.30. The maximum atomic E-state index is 12.0. The van der Waals surface area contributed by atoms with Gasteiger partial charge >= 0.3 is 6.09 Å². The maximum absolute atomic E-state index is 12.0. The number of carbonyl (C=O) groups is 1. The van der Waals surface area contributed by atoms with Gasteiger partial charge < -0.3 is 19.4 Å². The summed E-state index contributed by atoms with van der Waals surface area (Å²) in [5.41, 5.74) is 0.379. The first kappa shape index (κ1) is 20.4. The van der Waals surface area contributed by atoms with Crippen LogP contribution in [-0.4, -0.2) is 77.2 Å². The highest BCUT2D eigenvalue weighted by atomic mass is 32.1. The highest BCUT2D eigenvalue weighted by molar-refractivity contribution is 7.80. The molecule has 28 heavy (non-hydrogen) atoms. The summed E-state index contributed by atoms with van der Waals surface area (Å²) in [4.78, 5) is 20.4. The van der Waals surface area contributed by atoms with Gasteiger partial charge in [-0.1, -0.05) is 19.1 Å². The second kappa shape index (κ2) is 8.47. The molecule has 1 saturated carbocycles. The number of likely N-dealkylation sites (tertiary alicyclic amines) is 3. The highest BCUT2D eigenvalue weighted by Gasteiger charge is 2.51. The molecule has 4 aliphatic rings. The van der Waals surface area contributed by atoms with Crippen molar-refractivity contribution in [3.05, 3.63) is 0 Å². The topological polar surface area (TPSA) is 36.0 Å². The van der Waals surface area contributed by atoms with Crippen molar-refractivity contribution in [2.24, 2.45) is 11.3 Å². The third-order valence-corrected chi connectivity index (χ3v) is 8.38. The molecule has 0 N–H and O–H groups in total. The molecule has 1 atom stereocenters. The summed E-state index contributed by atoms with van der Waals surface area (Å²) in [6.45, 7) is 10.0. The minimum Gasteiger partial charge on any atom is -0.450 e. The van der Waals surface area contributed by atoms with Gasteiger partial charge in [0.25, 0.3) is 0 Å². The van der Waals surface area contributed by atoms with E-state index in [4.69, 9.17) is 17.0 Å². The fourth-order valence-corrected chi connectivity index (χ4v) is 6.53. The van der Waals surface area contributed by atoms with Gasteiger partial charge in [-0.2, -0.15) is 0 Å². The Hall–Kier alpha value is -0.880. The largest absolute Gasteiger partial charge is 0.450 e. The lowest BCUT2D eigenvalue weighted by Gasteiger charge is -2.52. The van der Waals surface area contributed by atoms with Crippen LogP contribution >= 0.6 is 12.2 Å². The van der Waals surface area contributed by atoms with Crippen molar-refractivity contribution < 1.29 is 9.53 Å². The average Bonchev–Trinajstić information content (AvgIpc) is 3.34. The van der Waals surface area contributed by atoms with Crippen LogP contribution in [0.4, 0.5) is 4.79 Å². The second-order valence-corrected chi connectivity index (χ2v) is 9.93. The first-order valence-electron chi connectivity index (χ1n) is 11.5. The van der Waals surface area contributed by atoms with Crippen LogP contribution in [0.25, 0.3) is 0 Å². The van der Waals surface area contributed by atoms with Gasteiger partial charge in [0.1, 0.15) is 0 Å². The van der Waals surface area contributed by atoms with E-state index in [0.717, 1.165) is 37.9 Å². The molecule has 3 aliphatic heterocycles. The maximum Gasteiger partial charge on any atom is 0.409 e. The fraction of sp³-hybridized carbons (Fsp3) is 0.909. The molecule has 158 valence electrons. The molecule has 0 aromatic carbocycles. The van der Waals surface area contributed by atoms with Gasteiger partial charge in [-0.3, -0.25) is 0 Å². The van der Waals surface area contributed by atoms with Crippen LogP contribution in [0.3, 0.4) is 0 Å². The van der Waals surface area contributed by atoms with E-state index in [2.05, 4.69) is 16.7 Å². The van der Waals surface area contributed by atoms with Crippen molar-refractivity contribution in [1.82, 2.24) is 14.7 Å². The van der Waals surface area contributed by atoms with Gasteiger partial charge in [-0.15, -0.1) is 0 Å². The van der Waals surface area contributed by atoms with E-state index in [-0.39, 0.29) is 6.09 Å². The molecule has 6 heteroatoms. The third kappa shape index (κ3) is 3.91. The molecule has 1 amide bonds. The summed E-state index contributed by atoms with van der Waals surface area (Å²) in [6, 6.07) is 1.44. The van der Waals surface area contributed by atoms with Gasteiger partial charge in [-0.25, -0.2) is 4.79 Å². The highest BCUT2D eigenvalue weighted by Crippen LogP contribution is 2.51. The predicted octanol–water partition coefficient (Wildman–Crippen LogP) is 3.91. The van der Waals surface area contributed by atoms with E-state index in [1.165, 1.54) is 63.1 Å². The molecule has 3 saturated heterocycles. The van der Waals surface area contributed by atoms with E-state index < -0.39 is 0 Å². The Labute approximate surface area is 175 Å². The molecule has 1 spiro atoms. The smallest absolute Gasteiger partial charge is 0.409 e. The summed E-state index contributed by atoms with van der Waals surface area (Å²) >= 11 is 5.63. The minimum atomic E-state index is -0.116. The number of rotatable bonds is 4. The Balaban J connectivity index is 1.23. The minimum absolute atomic E-state index is 0.116. The number of ether oxygens (including phenoxy) is 1. The molecular formula is C22H37N3O2S. The van der Waals surface area contributed by atoms with E-state index in [0.29, 0.717) is 18.1 Å². The van der Waals surface area contributed by atoms with Crippen LogP contribution in [0, 0.1) is 11.3 Å². The number of thiocarbonyl (C=S) groups is 1. The average molecular weight is 408 g/mol. The molecule has 0 aromatic heterocycles. The number of hydrogen-bond donors (Lipinski definition) is 0. The first-order chi connectivity index (χ1) is 13.5. The summed E-state index contributed by atoms with van der Waals surface area (Å²) in [6.07, 6.45) is 9.88. The molecule has 1 aliphatic carbocycles. The second-order valence-electron chi connectivity index (χ2n) is 9.46. The number of carbonyl (C=O) groups excluding carboxylic acids is 1. The predicted molar refractivity (Wildman–Crippen MR) is 116 cm³/mol. The number of nitrogens with zero attached hydrogens (tertiary/aromatic N) is 3. The lowest BCUT2D eigenvalue weighted by molar-refractivity contribution is -0.0137. The van der Waals surface area contributed by atoms with E-state index in [1.54, 1.807) is 0 Å². The van der Waals surface area contributed by atoms with Crippen LogP contribution in [0.2, 0.25) is 0 Å². The summed E-state index contributed by atoms with van der Waals surface area (Å²) in [5, 5.41) is 0. The van der Waals surface area contributed by atoms with E-state index in [9.17, 15) is 4.79 Å². The third-order valence-electron chi connectivity index (χ3n) is 7.86. The van der Waals surface area contributed by atoms with Crippen LogP contribution in [0.5, 0.6) is 0 Å². The summed E-state index contributed by atoms with van der Waals surface area (Å²) in [7, 11) is 0. The quantitative estimate of drug-likeness (QED) is 0.660. The SMILES string of the molecule is CCOC(=O)N1CCC2(CC(N3CCC([C@@H]4CCCN4C(=S)CC)CC3)C2)C1. The zero-order valence-electron chi connectivity index (χ0n) is 17.7. The monoisotopic (exact) mass is 407 g/mol. The zero-order chi connectivity index (χ0) is 19.7. The lowest BCUT2D eigenvalue weighted by Crippen LogP contribution is -2.55. The Morgan fingerprint density at radius 3 is 2.54 bits per heavy atom. The molecule has 0 radical (unpaired) electrons. The zero-order valence-corrected chi connectivity index (χ0v) is 18.5. The van der Waals surface area contributed by atoms with Crippen molar-refractivity contribution in [2.75, 3.05) is 39.3 Å². The molecule has 5 nitrogen and oxygen atoms in total. The van der Waals surface area contributed by atoms with Crippen LogP contribution in [0.1, 0.15) is 65.2 Å². The van der Waals surface area contributed by atoms with E-state index in [1.807, 2.05) is 11.8 Å². The standard InChI is InChI=1S/C22H37N3O2S/c1-3-20(28)25-10-5-6-19(25)17-7-11-23(12-8-17)18-14-22(15-18)9-13-24(16-22)21(26)27-4-2/h17-19H,3-16H2,1-2H3/t18?,19-,22?/m0/s1. The number of piperidine rings is 1. The molecule has 0 bridgehead atoms. The first-order valence-corrected chi connectivity index (χ1v) is 11.9. The van der Waals surface area contributed by atoms with Crippen molar-refractivity contribution in [3.63, 3.8) is 0 Å². The van der Waals surface area contributed by atoms with Crippen molar-refractivity contribution in [1.29, 1.82) is 0 Å². The van der Waals surface area contributed by atoms with Crippen LogP contribution in [0.15, 0.2) is 0 Å². The van der Waals surface area contributed by atoms with E-state index >= 15 is 0 Å². The number of hydrogen-bond acceptors (Lipinski definition) is 4. The van der Waals surface area contributed by atoms with Crippen molar-refractivity contribution in [3.8, 4) is 0 Å². The van der Waals surface area contributed by atoms with Crippen molar-refractivity contribution in [2.45, 2.75) is 77.3 Å². The van der Waals surface area contributed by atoms with Gasteiger partial charge in [0.2, 0.25) is 0 Å². The van der Waals surface area contributed by atoms with Gasteiger partial charge in [0, 0.05) is 31.7 Å². The Bertz CT molecular complexity index is 584. The Kier molecular flexibility index (Phi) is 6.17. The molecular weight excluding hydrogens is 370 g/mol. The Morgan fingerprint density at radius 2 is 1.86 bits per heavy atom. The van der Waals surface area contributed by atoms with Crippen LogP contribution in [-0.2, 0) is 4.74 Å². The normalized spacial score (nSPS) is 34.1. The Morgan fingerprint density at radius 1 is 1.11 bits per heavy atom. The van der Waals surface area contributed by atoms with Gasteiger partial charge in [0.15, 0.2) is 0 Å². The van der Waals surface area contributed by atoms with Gasteiger partial charge in [-0.05, 0) is 82.7 Å². The lowest BCUT2D eigenvalue weighted by atomic mass is 9.64. The molecule has 0 unspecified atom stereocenters. The van der Waals surface area contributed by atoms with Gasteiger partial charge in [0.05, 0.1) is 11.6 Å². The molecule has 0 aromatic rings. The molecule has 4 rings (SSSR count). The van der Waals surface area contributed by atoms with Crippen LogP contribution < -0.4 is 0 Å². The van der Waals surface area contributed by atoms with Crippen molar-refractivity contribution >= 4 is 23.3 Å². The molecule has 4 fully saturated rings. The summed E-state index contributed by atoms with van der Waals surface area (Å²) < 4.78 is 5.19. The molecule has 3 heterocycles. The number of amides is 1. The summed E-state index contributed by atoms with van der Waals surface area (Å²) in [5.74, 6) is 0.822.